The van der Waals surface area contributed by atoms with Crippen LogP contribution in [0, 0.1) is 0 Å². The van der Waals surface area contributed by atoms with Gasteiger partial charge < -0.3 is 20.1 Å². The van der Waals surface area contributed by atoms with E-state index in [0.717, 1.165) is 6.42 Å². The molecule has 4 nitrogen and oxygen atoms in total. The minimum Gasteiger partial charge on any atom is -0.393 e. The van der Waals surface area contributed by atoms with Crippen molar-refractivity contribution < 1.29 is 20.1 Å². The molecule has 0 aliphatic heterocycles. The van der Waals surface area contributed by atoms with Crippen LogP contribution in [0.15, 0.2) is 0 Å². The van der Waals surface area contributed by atoms with Crippen LogP contribution in [0.3, 0.4) is 0 Å². The molecule has 0 heterocycles. The second-order valence-electron chi connectivity index (χ2n) is 2.01. The molecule has 0 aromatic heterocycles. The predicted octanol–water partition coefficient (Wildman–Crippen LogP) is -0.915. The Kier molecular flexibility index (Phi) is 5.52. The summed E-state index contributed by atoms with van der Waals surface area (Å²) >= 11 is 0. The van der Waals surface area contributed by atoms with Crippen LogP contribution < -0.4 is 0 Å². The van der Waals surface area contributed by atoms with Gasteiger partial charge in [-0.25, -0.2) is 0 Å². The van der Waals surface area contributed by atoms with Crippen LogP contribution in [0.4, 0.5) is 0 Å². The second kappa shape index (κ2) is 5.61. The molecule has 0 aromatic carbocycles. The zero-order valence-corrected chi connectivity index (χ0v) is 6.03. The van der Waals surface area contributed by atoms with Gasteiger partial charge in [0, 0.05) is 6.61 Å². The van der Waals surface area contributed by atoms with Crippen molar-refractivity contribution in [3.8, 4) is 0 Å². The first kappa shape index (κ1) is 9.84. The molecule has 2 atom stereocenters. The molecule has 0 aliphatic rings. The maximum Gasteiger partial charge on any atom is 0.183 e. The number of aliphatic hydroxyl groups excluding tert-OH is 3. The van der Waals surface area contributed by atoms with Crippen molar-refractivity contribution >= 4 is 0 Å². The van der Waals surface area contributed by atoms with E-state index >= 15 is 0 Å². The molecule has 0 radical (unpaired) electrons. The number of ether oxygens (including phenoxy) is 1. The van der Waals surface area contributed by atoms with Gasteiger partial charge in [-0.2, -0.15) is 0 Å². The number of hydrogen-bond acceptors (Lipinski definition) is 4. The van der Waals surface area contributed by atoms with E-state index in [4.69, 9.17) is 15.3 Å². The summed E-state index contributed by atoms with van der Waals surface area (Å²) in [6.07, 6.45) is -1.67. The average Bonchev–Trinajstić information content (AvgIpc) is 1.98. The molecule has 0 spiro atoms. The van der Waals surface area contributed by atoms with Crippen molar-refractivity contribution in [1.82, 2.24) is 0 Å². The summed E-state index contributed by atoms with van der Waals surface area (Å²) in [6, 6.07) is 0. The number of aliphatic hydroxyl groups is 3. The predicted molar refractivity (Wildman–Crippen MR) is 35.3 cm³/mol. The summed E-state index contributed by atoms with van der Waals surface area (Å²) in [6.45, 7) is 1.79. The third-order valence-corrected chi connectivity index (χ3v) is 1.01. The molecule has 0 rings (SSSR count). The van der Waals surface area contributed by atoms with Crippen LogP contribution in [-0.4, -0.2) is 40.9 Å². The third-order valence-electron chi connectivity index (χ3n) is 1.01. The molecule has 0 aromatic rings. The van der Waals surface area contributed by atoms with Crippen molar-refractivity contribution in [3.05, 3.63) is 0 Å². The lowest BCUT2D eigenvalue weighted by Gasteiger charge is -2.15. The second-order valence-corrected chi connectivity index (χ2v) is 2.01. The molecular weight excluding hydrogens is 136 g/mol. The highest BCUT2D eigenvalue weighted by molar-refractivity contribution is 4.54. The Morgan fingerprint density at radius 2 is 2.00 bits per heavy atom. The van der Waals surface area contributed by atoms with E-state index in [9.17, 15) is 0 Å². The molecule has 62 valence electrons. The third kappa shape index (κ3) is 3.79. The maximum absolute atomic E-state index is 8.82. The zero-order valence-electron chi connectivity index (χ0n) is 6.03. The average molecular weight is 150 g/mol. The van der Waals surface area contributed by atoms with Crippen molar-refractivity contribution in [1.29, 1.82) is 0 Å². The van der Waals surface area contributed by atoms with E-state index in [1.54, 1.807) is 0 Å². The summed E-state index contributed by atoms with van der Waals surface area (Å²) in [5.41, 5.74) is 0. The van der Waals surface area contributed by atoms with E-state index < -0.39 is 19.0 Å². The number of rotatable bonds is 5. The van der Waals surface area contributed by atoms with Crippen LogP contribution in [0.5, 0.6) is 0 Å². The van der Waals surface area contributed by atoms with Gasteiger partial charge in [0.15, 0.2) is 6.29 Å². The monoisotopic (exact) mass is 150 g/mol. The molecule has 3 N–H and O–H groups in total. The Hall–Kier alpha value is -0.160. The molecule has 2 unspecified atom stereocenters. The molecule has 4 heteroatoms. The lowest BCUT2D eigenvalue weighted by molar-refractivity contribution is -0.170. The van der Waals surface area contributed by atoms with Crippen LogP contribution in [0.25, 0.3) is 0 Å². The van der Waals surface area contributed by atoms with E-state index in [0.29, 0.717) is 6.61 Å². The quantitative estimate of drug-likeness (QED) is 0.443. The largest absolute Gasteiger partial charge is 0.393 e. The molecular formula is C6H14O4. The van der Waals surface area contributed by atoms with Gasteiger partial charge in [0.05, 0.1) is 6.61 Å². The molecule has 0 aliphatic carbocycles. The van der Waals surface area contributed by atoms with Crippen LogP contribution >= 0.6 is 0 Å². The van der Waals surface area contributed by atoms with E-state index in [2.05, 4.69) is 4.74 Å². The fourth-order valence-corrected chi connectivity index (χ4v) is 0.440. The molecule has 0 fully saturated rings. The van der Waals surface area contributed by atoms with Crippen molar-refractivity contribution in [2.75, 3.05) is 13.2 Å². The Morgan fingerprint density at radius 1 is 1.40 bits per heavy atom. The fraction of sp³-hybridized carbons (Fsp3) is 1.00. The Labute approximate surface area is 60.1 Å². The van der Waals surface area contributed by atoms with Gasteiger partial charge in [0.1, 0.15) is 6.10 Å². The van der Waals surface area contributed by atoms with E-state index in [1.165, 1.54) is 0 Å². The van der Waals surface area contributed by atoms with Gasteiger partial charge in [-0.05, 0) is 6.42 Å². The molecule has 10 heavy (non-hydrogen) atoms. The molecule has 0 saturated heterocycles. The molecule has 0 bridgehead atoms. The summed E-state index contributed by atoms with van der Waals surface area (Å²) in [4.78, 5) is 0. The standard InChI is InChI=1S/C6H14O4/c1-2-3-10-6(9)5(8)4-7/h5-9H,2-4H2,1H3. The van der Waals surface area contributed by atoms with E-state index in [-0.39, 0.29) is 0 Å². The summed E-state index contributed by atoms with van der Waals surface area (Å²) < 4.78 is 4.69. The normalized spacial score (nSPS) is 16.8. The van der Waals surface area contributed by atoms with Crippen molar-refractivity contribution in [2.24, 2.45) is 0 Å². The topological polar surface area (TPSA) is 69.9 Å². The minimum atomic E-state index is -1.26. The van der Waals surface area contributed by atoms with Gasteiger partial charge in [-0.15, -0.1) is 0 Å². The maximum atomic E-state index is 8.82. The van der Waals surface area contributed by atoms with Crippen molar-refractivity contribution in [2.45, 2.75) is 25.7 Å². The van der Waals surface area contributed by atoms with Crippen molar-refractivity contribution in [3.63, 3.8) is 0 Å². The fourth-order valence-electron chi connectivity index (χ4n) is 0.440. The lowest BCUT2D eigenvalue weighted by Crippen LogP contribution is -2.31. The SMILES string of the molecule is CCCOC(O)C(O)CO. The zero-order chi connectivity index (χ0) is 7.98. The smallest absolute Gasteiger partial charge is 0.183 e. The van der Waals surface area contributed by atoms with Crippen LogP contribution in [0.1, 0.15) is 13.3 Å². The van der Waals surface area contributed by atoms with Gasteiger partial charge in [-0.1, -0.05) is 6.92 Å². The van der Waals surface area contributed by atoms with Gasteiger partial charge in [0.25, 0.3) is 0 Å². The van der Waals surface area contributed by atoms with Crippen LogP contribution in [0.2, 0.25) is 0 Å². The van der Waals surface area contributed by atoms with Gasteiger partial charge in [0.2, 0.25) is 0 Å². The highest BCUT2D eigenvalue weighted by atomic mass is 16.6. The first-order valence-electron chi connectivity index (χ1n) is 3.31. The first-order chi connectivity index (χ1) is 4.72. The Morgan fingerprint density at radius 3 is 2.40 bits per heavy atom. The highest BCUT2D eigenvalue weighted by Gasteiger charge is 2.14. The Balaban J connectivity index is 3.31. The molecule has 0 amide bonds. The van der Waals surface area contributed by atoms with E-state index in [1.807, 2.05) is 6.92 Å². The van der Waals surface area contributed by atoms with Gasteiger partial charge in [-0.3, -0.25) is 0 Å². The van der Waals surface area contributed by atoms with Gasteiger partial charge >= 0.3 is 0 Å². The summed E-state index contributed by atoms with van der Waals surface area (Å²) in [5.74, 6) is 0. The minimum absolute atomic E-state index is 0.387. The number of hydrogen-bond donors (Lipinski definition) is 3. The highest BCUT2D eigenvalue weighted by Crippen LogP contribution is 1.95. The summed E-state index contributed by atoms with van der Waals surface area (Å²) in [5, 5.41) is 25.9. The first-order valence-corrected chi connectivity index (χ1v) is 3.31. The lowest BCUT2D eigenvalue weighted by atomic mass is 10.4. The Bertz CT molecular complexity index is 76.1. The van der Waals surface area contributed by atoms with Crippen LogP contribution in [-0.2, 0) is 4.74 Å². The molecule has 0 saturated carbocycles. The summed E-state index contributed by atoms with van der Waals surface area (Å²) in [7, 11) is 0.